The fourth-order valence-corrected chi connectivity index (χ4v) is 1.80. The maximum Gasteiger partial charge on any atom is 0.193 e. The molecule has 0 saturated heterocycles. The number of ether oxygens (including phenoxy) is 1. The summed E-state index contributed by atoms with van der Waals surface area (Å²) in [5.74, 6) is 0.292. The van der Waals surface area contributed by atoms with Crippen molar-refractivity contribution in [1.82, 2.24) is 0 Å². The Morgan fingerprint density at radius 1 is 1.00 bits per heavy atom. The Kier molecular flexibility index (Phi) is 4.88. The van der Waals surface area contributed by atoms with Crippen molar-refractivity contribution in [3.05, 3.63) is 65.5 Å². The van der Waals surface area contributed by atoms with Gasteiger partial charge < -0.3 is 4.74 Å². The van der Waals surface area contributed by atoms with Gasteiger partial charge in [-0.3, -0.25) is 4.79 Å². The maximum atomic E-state index is 12.8. The average Bonchev–Trinajstić information content (AvgIpc) is 2.48. The largest absolute Gasteiger partial charge is 0.494 e. The Morgan fingerprint density at radius 3 is 2.10 bits per heavy atom. The summed E-state index contributed by atoms with van der Waals surface area (Å²) < 4.78 is 18.4. The second kappa shape index (κ2) is 6.85. The molecular weight excluding hydrogens is 255 g/mol. The molecule has 0 unspecified atom stereocenters. The van der Waals surface area contributed by atoms with Crippen LogP contribution in [0.15, 0.2) is 48.5 Å². The summed E-state index contributed by atoms with van der Waals surface area (Å²) in [5, 5.41) is 0. The molecule has 2 aromatic carbocycles. The Labute approximate surface area is 118 Å². The first kappa shape index (κ1) is 14.3. The fourth-order valence-electron chi connectivity index (χ4n) is 1.80. The van der Waals surface area contributed by atoms with Gasteiger partial charge >= 0.3 is 0 Å². The zero-order valence-electron chi connectivity index (χ0n) is 11.4. The summed E-state index contributed by atoms with van der Waals surface area (Å²) in [6, 6.07) is 12.6. The molecule has 2 nitrogen and oxygen atoms in total. The summed E-state index contributed by atoms with van der Waals surface area (Å²) in [7, 11) is 0. The SMILES string of the molecule is CCCCOc1ccc(C(=O)c2ccc(F)cc2)cc1. The molecule has 3 heteroatoms. The summed E-state index contributed by atoms with van der Waals surface area (Å²) in [6.45, 7) is 2.79. The van der Waals surface area contributed by atoms with Crippen LogP contribution in [0, 0.1) is 5.82 Å². The number of benzene rings is 2. The van der Waals surface area contributed by atoms with Crippen LogP contribution in [-0.4, -0.2) is 12.4 Å². The van der Waals surface area contributed by atoms with E-state index < -0.39 is 0 Å². The molecule has 0 atom stereocenters. The van der Waals surface area contributed by atoms with Crippen LogP contribution in [0.25, 0.3) is 0 Å². The Bertz CT molecular complexity index is 559. The molecule has 0 N–H and O–H groups in total. The highest BCUT2D eigenvalue weighted by atomic mass is 19.1. The normalized spacial score (nSPS) is 10.3. The minimum Gasteiger partial charge on any atom is -0.494 e. The Hall–Kier alpha value is -2.16. The second-order valence-electron chi connectivity index (χ2n) is 4.56. The van der Waals surface area contributed by atoms with Gasteiger partial charge in [0.1, 0.15) is 11.6 Å². The van der Waals surface area contributed by atoms with Gasteiger partial charge in [-0.1, -0.05) is 13.3 Å². The lowest BCUT2D eigenvalue weighted by Gasteiger charge is -2.06. The predicted molar refractivity (Wildman–Crippen MR) is 76.7 cm³/mol. The summed E-state index contributed by atoms with van der Waals surface area (Å²) in [4.78, 5) is 12.2. The van der Waals surface area contributed by atoms with Crippen LogP contribution in [0.4, 0.5) is 4.39 Å². The standard InChI is InChI=1S/C17H17FO2/c1-2-3-12-20-16-10-6-14(7-11-16)17(19)13-4-8-15(18)9-5-13/h4-11H,2-3,12H2,1H3. The highest BCUT2D eigenvalue weighted by Crippen LogP contribution is 2.16. The molecular formula is C17H17FO2. The molecule has 104 valence electrons. The molecule has 0 heterocycles. The maximum absolute atomic E-state index is 12.8. The smallest absolute Gasteiger partial charge is 0.193 e. The first-order valence-electron chi connectivity index (χ1n) is 6.74. The van der Waals surface area contributed by atoms with Crippen molar-refractivity contribution in [2.24, 2.45) is 0 Å². The third-order valence-corrected chi connectivity index (χ3v) is 2.99. The highest BCUT2D eigenvalue weighted by Gasteiger charge is 2.09. The lowest BCUT2D eigenvalue weighted by molar-refractivity contribution is 0.103. The third-order valence-electron chi connectivity index (χ3n) is 2.99. The van der Waals surface area contributed by atoms with Crippen molar-refractivity contribution in [3.63, 3.8) is 0 Å². The average molecular weight is 272 g/mol. The van der Waals surface area contributed by atoms with Crippen molar-refractivity contribution < 1.29 is 13.9 Å². The number of hydrogen-bond acceptors (Lipinski definition) is 2. The van der Waals surface area contributed by atoms with E-state index in [-0.39, 0.29) is 11.6 Å². The molecule has 2 aromatic rings. The van der Waals surface area contributed by atoms with E-state index in [2.05, 4.69) is 6.92 Å². The molecule has 0 radical (unpaired) electrons. The van der Waals surface area contributed by atoms with E-state index in [1.807, 2.05) is 0 Å². The van der Waals surface area contributed by atoms with Crippen LogP contribution in [0.5, 0.6) is 5.75 Å². The number of carbonyl (C=O) groups excluding carboxylic acids is 1. The summed E-state index contributed by atoms with van der Waals surface area (Å²) in [6.07, 6.45) is 2.09. The van der Waals surface area contributed by atoms with Crippen LogP contribution in [0.3, 0.4) is 0 Å². The number of carbonyl (C=O) groups is 1. The molecule has 20 heavy (non-hydrogen) atoms. The number of hydrogen-bond donors (Lipinski definition) is 0. The molecule has 0 aliphatic carbocycles. The van der Waals surface area contributed by atoms with Crippen molar-refractivity contribution in [2.75, 3.05) is 6.61 Å². The second-order valence-corrected chi connectivity index (χ2v) is 4.56. The van der Waals surface area contributed by atoms with E-state index in [1.54, 1.807) is 24.3 Å². The number of rotatable bonds is 6. The van der Waals surface area contributed by atoms with Crippen molar-refractivity contribution in [2.45, 2.75) is 19.8 Å². The minimum atomic E-state index is -0.346. The van der Waals surface area contributed by atoms with Gasteiger partial charge in [0.2, 0.25) is 0 Å². The van der Waals surface area contributed by atoms with E-state index in [9.17, 15) is 9.18 Å². The van der Waals surface area contributed by atoms with Gasteiger partial charge in [-0.2, -0.15) is 0 Å². The number of ketones is 1. The van der Waals surface area contributed by atoms with Gasteiger partial charge in [-0.05, 0) is 55.0 Å². The van der Waals surface area contributed by atoms with Crippen LogP contribution in [-0.2, 0) is 0 Å². The zero-order valence-corrected chi connectivity index (χ0v) is 11.4. The molecule has 0 amide bonds. The molecule has 0 bridgehead atoms. The molecule has 0 saturated carbocycles. The summed E-state index contributed by atoms with van der Waals surface area (Å²) >= 11 is 0. The molecule has 2 rings (SSSR count). The fraction of sp³-hybridized carbons (Fsp3) is 0.235. The van der Waals surface area contributed by atoms with Gasteiger partial charge in [0.05, 0.1) is 6.61 Å². The van der Waals surface area contributed by atoms with Crippen molar-refractivity contribution >= 4 is 5.78 Å². The minimum absolute atomic E-state index is 0.120. The number of unbranched alkanes of at least 4 members (excludes halogenated alkanes) is 1. The monoisotopic (exact) mass is 272 g/mol. The first-order valence-corrected chi connectivity index (χ1v) is 6.74. The van der Waals surface area contributed by atoms with Crippen molar-refractivity contribution in [1.29, 1.82) is 0 Å². The Morgan fingerprint density at radius 2 is 1.55 bits per heavy atom. The van der Waals surface area contributed by atoms with E-state index in [4.69, 9.17) is 4.74 Å². The van der Waals surface area contributed by atoms with E-state index in [0.29, 0.717) is 17.7 Å². The predicted octanol–water partition coefficient (Wildman–Crippen LogP) is 4.24. The van der Waals surface area contributed by atoms with Gasteiger partial charge in [0.25, 0.3) is 0 Å². The number of halogens is 1. The summed E-state index contributed by atoms with van der Waals surface area (Å²) in [5.41, 5.74) is 1.05. The molecule has 0 spiro atoms. The van der Waals surface area contributed by atoms with Crippen LogP contribution in [0.2, 0.25) is 0 Å². The molecule has 0 aromatic heterocycles. The van der Waals surface area contributed by atoms with E-state index in [1.165, 1.54) is 24.3 Å². The van der Waals surface area contributed by atoms with Crippen LogP contribution in [0.1, 0.15) is 35.7 Å². The van der Waals surface area contributed by atoms with Crippen LogP contribution < -0.4 is 4.74 Å². The van der Waals surface area contributed by atoms with E-state index in [0.717, 1.165) is 18.6 Å². The van der Waals surface area contributed by atoms with Crippen LogP contribution >= 0.6 is 0 Å². The lowest BCUT2D eigenvalue weighted by atomic mass is 10.0. The molecule has 0 fully saturated rings. The highest BCUT2D eigenvalue weighted by molar-refractivity contribution is 6.08. The van der Waals surface area contributed by atoms with Gasteiger partial charge in [0.15, 0.2) is 5.78 Å². The Balaban J connectivity index is 2.05. The molecule has 0 aliphatic rings. The van der Waals surface area contributed by atoms with Gasteiger partial charge in [-0.25, -0.2) is 4.39 Å². The lowest BCUT2D eigenvalue weighted by Crippen LogP contribution is -2.02. The van der Waals surface area contributed by atoms with Gasteiger partial charge in [-0.15, -0.1) is 0 Å². The van der Waals surface area contributed by atoms with E-state index >= 15 is 0 Å². The van der Waals surface area contributed by atoms with Crippen molar-refractivity contribution in [3.8, 4) is 5.75 Å². The quantitative estimate of drug-likeness (QED) is 0.581. The zero-order chi connectivity index (χ0) is 14.4. The van der Waals surface area contributed by atoms with Gasteiger partial charge in [0, 0.05) is 11.1 Å². The topological polar surface area (TPSA) is 26.3 Å². The first-order chi connectivity index (χ1) is 9.70. The molecule has 0 aliphatic heterocycles. The third kappa shape index (κ3) is 3.67.